The van der Waals surface area contributed by atoms with Gasteiger partial charge >= 0.3 is 0 Å². The molecule has 1 aromatic heterocycles. The first kappa shape index (κ1) is 12.7. The topological polar surface area (TPSA) is 56.1 Å². The summed E-state index contributed by atoms with van der Waals surface area (Å²) in [6.07, 6.45) is 0. The van der Waals surface area contributed by atoms with Gasteiger partial charge < -0.3 is 10.1 Å². The van der Waals surface area contributed by atoms with Crippen LogP contribution in [0.1, 0.15) is 18.3 Å². The summed E-state index contributed by atoms with van der Waals surface area (Å²) >= 11 is 0. The SMILES string of the molecule is COCC(C)NC(=O)Cn1nc(C)cc1C. The van der Waals surface area contributed by atoms with E-state index in [-0.39, 0.29) is 18.5 Å². The number of amides is 1. The fourth-order valence-electron chi connectivity index (χ4n) is 1.58. The molecule has 16 heavy (non-hydrogen) atoms. The van der Waals surface area contributed by atoms with Crippen molar-refractivity contribution < 1.29 is 9.53 Å². The molecule has 5 heteroatoms. The van der Waals surface area contributed by atoms with Gasteiger partial charge in [-0.15, -0.1) is 0 Å². The predicted molar refractivity (Wildman–Crippen MR) is 61.2 cm³/mol. The summed E-state index contributed by atoms with van der Waals surface area (Å²) in [6, 6.07) is 1.97. The zero-order valence-electron chi connectivity index (χ0n) is 10.3. The van der Waals surface area contributed by atoms with E-state index in [1.807, 2.05) is 26.8 Å². The Balaban J connectivity index is 2.48. The van der Waals surface area contributed by atoms with Crippen molar-refractivity contribution >= 4 is 5.91 Å². The van der Waals surface area contributed by atoms with Gasteiger partial charge in [0.25, 0.3) is 0 Å². The molecule has 0 spiro atoms. The van der Waals surface area contributed by atoms with Gasteiger partial charge in [-0.3, -0.25) is 9.48 Å². The van der Waals surface area contributed by atoms with Crippen LogP contribution in [-0.2, 0) is 16.1 Å². The molecule has 1 atom stereocenters. The molecule has 0 aromatic carbocycles. The minimum absolute atomic E-state index is 0.0227. The van der Waals surface area contributed by atoms with Gasteiger partial charge in [-0.1, -0.05) is 0 Å². The average molecular weight is 225 g/mol. The highest BCUT2D eigenvalue weighted by Gasteiger charge is 2.09. The van der Waals surface area contributed by atoms with Crippen molar-refractivity contribution in [1.82, 2.24) is 15.1 Å². The van der Waals surface area contributed by atoms with Gasteiger partial charge in [-0.25, -0.2) is 0 Å². The molecule has 0 aliphatic heterocycles. The van der Waals surface area contributed by atoms with Gasteiger partial charge in [-0.2, -0.15) is 5.10 Å². The number of nitrogens with one attached hydrogen (secondary N) is 1. The summed E-state index contributed by atoms with van der Waals surface area (Å²) < 4.78 is 6.64. The lowest BCUT2D eigenvalue weighted by atomic mass is 10.3. The highest BCUT2D eigenvalue weighted by atomic mass is 16.5. The van der Waals surface area contributed by atoms with E-state index in [9.17, 15) is 4.79 Å². The van der Waals surface area contributed by atoms with Crippen molar-refractivity contribution in [2.45, 2.75) is 33.4 Å². The molecule has 1 N–H and O–H groups in total. The number of ether oxygens (including phenoxy) is 1. The third-order valence-corrected chi connectivity index (χ3v) is 2.22. The molecule has 0 radical (unpaired) electrons. The lowest BCUT2D eigenvalue weighted by Crippen LogP contribution is -2.38. The number of rotatable bonds is 5. The smallest absolute Gasteiger partial charge is 0.242 e. The van der Waals surface area contributed by atoms with E-state index in [2.05, 4.69) is 10.4 Å². The zero-order chi connectivity index (χ0) is 12.1. The summed E-state index contributed by atoms with van der Waals surface area (Å²) in [7, 11) is 1.61. The van der Waals surface area contributed by atoms with E-state index < -0.39 is 0 Å². The van der Waals surface area contributed by atoms with E-state index >= 15 is 0 Å². The Bertz CT molecular complexity index is 360. The number of methoxy groups -OCH3 is 1. The first-order chi connectivity index (χ1) is 7.52. The Kier molecular flexibility index (Phi) is 4.49. The molecular weight excluding hydrogens is 206 g/mol. The van der Waals surface area contributed by atoms with Gasteiger partial charge in [0.15, 0.2) is 0 Å². The summed E-state index contributed by atoms with van der Waals surface area (Å²) in [5, 5.41) is 7.07. The second-order valence-electron chi connectivity index (χ2n) is 4.01. The van der Waals surface area contributed by atoms with E-state index in [0.717, 1.165) is 11.4 Å². The highest BCUT2D eigenvalue weighted by Crippen LogP contribution is 2.01. The molecule has 0 aliphatic rings. The van der Waals surface area contributed by atoms with Crippen LogP contribution in [0.3, 0.4) is 0 Å². The van der Waals surface area contributed by atoms with Gasteiger partial charge in [0.05, 0.1) is 12.3 Å². The number of hydrogen-bond acceptors (Lipinski definition) is 3. The van der Waals surface area contributed by atoms with Crippen LogP contribution < -0.4 is 5.32 Å². The maximum absolute atomic E-state index is 11.6. The Morgan fingerprint density at radius 1 is 1.62 bits per heavy atom. The Morgan fingerprint density at radius 2 is 2.31 bits per heavy atom. The van der Waals surface area contributed by atoms with Gasteiger partial charge in [-0.05, 0) is 26.8 Å². The van der Waals surface area contributed by atoms with E-state index in [0.29, 0.717) is 6.61 Å². The highest BCUT2D eigenvalue weighted by molar-refractivity contribution is 5.76. The predicted octanol–water partition coefficient (Wildman–Crippen LogP) is 0.651. The van der Waals surface area contributed by atoms with Crippen LogP contribution in [-0.4, -0.2) is 35.4 Å². The third-order valence-electron chi connectivity index (χ3n) is 2.22. The van der Waals surface area contributed by atoms with Crippen molar-refractivity contribution in [2.24, 2.45) is 0 Å². The lowest BCUT2D eigenvalue weighted by Gasteiger charge is -2.13. The number of aryl methyl sites for hydroxylation is 2. The fourth-order valence-corrected chi connectivity index (χ4v) is 1.58. The molecule has 1 rings (SSSR count). The second kappa shape index (κ2) is 5.65. The molecular formula is C11H19N3O2. The van der Waals surface area contributed by atoms with Crippen LogP contribution in [0.25, 0.3) is 0 Å². The number of nitrogens with zero attached hydrogens (tertiary/aromatic N) is 2. The molecule has 1 unspecified atom stereocenters. The largest absolute Gasteiger partial charge is 0.383 e. The molecule has 1 amide bonds. The molecule has 1 heterocycles. The van der Waals surface area contributed by atoms with E-state index in [1.165, 1.54) is 0 Å². The summed E-state index contributed by atoms with van der Waals surface area (Å²) in [5.41, 5.74) is 1.92. The molecule has 90 valence electrons. The maximum atomic E-state index is 11.6. The minimum Gasteiger partial charge on any atom is -0.383 e. The molecule has 0 saturated carbocycles. The first-order valence-electron chi connectivity index (χ1n) is 5.32. The molecule has 1 aromatic rings. The van der Waals surface area contributed by atoms with Crippen molar-refractivity contribution in [1.29, 1.82) is 0 Å². The summed E-state index contributed by atoms with van der Waals surface area (Å²) in [5.74, 6) is -0.0456. The van der Waals surface area contributed by atoms with Crippen LogP contribution >= 0.6 is 0 Å². The molecule has 0 aliphatic carbocycles. The van der Waals surface area contributed by atoms with Crippen LogP contribution in [0.15, 0.2) is 6.07 Å². The van der Waals surface area contributed by atoms with Crippen LogP contribution in [0, 0.1) is 13.8 Å². The monoisotopic (exact) mass is 225 g/mol. The summed E-state index contributed by atoms with van der Waals surface area (Å²) in [6.45, 7) is 6.53. The fraction of sp³-hybridized carbons (Fsp3) is 0.636. The Morgan fingerprint density at radius 3 is 2.81 bits per heavy atom. The molecule has 0 fully saturated rings. The Labute approximate surface area is 95.8 Å². The van der Waals surface area contributed by atoms with E-state index in [1.54, 1.807) is 11.8 Å². The van der Waals surface area contributed by atoms with Crippen molar-refractivity contribution in [3.05, 3.63) is 17.5 Å². The van der Waals surface area contributed by atoms with E-state index in [4.69, 9.17) is 4.74 Å². The number of carbonyl (C=O) groups is 1. The number of hydrogen-bond donors (Lipinski definition) is 1. The average Bonchev–Trinajstić information content (AvgIpc) is 2.44. The summed E-state index contributed by atoms with van der Waals surface area (Å²) in [4.78, 5) is 11.6. The molecule has 5 nitrogen and oxygen atoms in total. The zero-order valence-corrected chi connectivity index (χ0v) is 10.3. The quantitative estimate of drug-likeness (QED) is 0.800. The molecule has 0 saturated heterocycles. The van der Waals surface area contributed by atoms with Crippen molar-refractivity contribution in [3.8, 4) is 0 Å². The number of aromatic nitrogens is 2. The molecule has 0 bridgehead atoms. The third kappa shape index (κ3) is 3.66. The van der Waals surface area contributed by atoms with Crippen LogP contribution in [0.5, 0.6) is 0 Å². The Hall–Kier alpha value is -1.36. The van der Waals surface area contributed by atoms with Crippen LogP contribution in [0.2, 0.25) is 0 Å². The standard InChI is InChI=1S/C11H19N3O2/c1-8-5-10(3)14(13-8)6-11(15)12-9(2)7-16-4/h5,9H,6-7H2,1-4H3,(H,12,15). The van der Waals surface area contributed by atoms with Gasteiger partial charge in [0, 0.05) is 18.8 Å². The van der Waals surface area contributed by atoms with Gasteiger partial charge in [0.1, 0.15) is 6.54 Å². The lowest BCUT2D eigenvalue weighted by molar-refractivity contribution is -0.122. The van der Waals surface area contributed by atoms with Crippen molar-refractivity contribution in [2.75, 3.05) is 13.7 Å². The minimum atomic E-state index is -0.0456. The maximum Gasteiger partial charge on any atom is 0.242 e. The van der Waals surface area contributed by atoms with Crippen molar-refractivity contribution in [3.63, 3.8) is 0 Å². The second-order valence-corrected chi connectivity index (χ2v) is 4.01. The normalized spacial score (nSPS) is 12.5. The van der Waals surface area contributed by atoms with Gasteiger partial charge in [0.2, 0.25) is 5.91 Å². The number of carbonyl (C=O) groups excluding carboxylic acids is 1. The van der Waals surface area contributed by atoms with Crippen LogP contribution in [0.4, 0.5) is 0 Å². The first-order valence-corrected chi connectivity index (χ1v) is 5.32.